The molecule has 3 aromatic rings. The number of carbonyl (C=O) groups is 1. The van der Waals surface area contributed by atoms with Gasteiger partial charge >= 0.3 is 0 Å². The summed E-state index contributed by atoms with van der Waals surface area (Å²) in [7, 11) is 0. The van der Waals surface area contributed by atoms with Gasteiger partial charge in [0.1, 0.15) is 5.52 Å². The van der Waals surface area contributed by atoms with Gasteiger partial charge in [-0.25, -0.2) is 4.98 Å². The van der Waals surface area contributed by atoms with E-state index in [1.807, 2.05) is 37.3 Å². The Bertz CT molecular complexity index is 811. The lowest BCUT2D eigenvalue weighted by atomic mass is 10.2. The minimum absolute atomic E-state index is 0.106. The zero-order chi connectivity index (χ0) is 14.8. The third kappa shape index (κ3) is 3.13. The lowest BCUT2D eigenvalue weighted by Gasteiger charge is -2.05. The average Bonchev–Trinajstić information content (AvgIpc) is 2.84. The predicted molar refractivity (Wildman–Crippen MR) is 84.1 cm³/mol. The van der Waals surface area contributed by atoms with E-state index < -0.39 is 0 Å². The largest absolute Gasteiger partial charge is 0.441 e. The maximum Gasteiger partial charge on any atom is 0.251 e. The van der Waals surface area contributed by atoms with Crippen molar-refractivity contribution in [3.05, 3.63) is 64.0 Å². The van der Waals surface area contributed by atoms with Crippen LogP contribution in [0.2, 0.25) is 0 Å². The highest BCUT2D eigenvalue weighted by Gasteiger charge is 2.07. The number of benzene rings is 2. The van der Waals surface area contributed by atoms with E-state index in [1.165, 1.54) is 0 Å². The fourth-order valence-corrected chi connectivity index (χ4v) is 2.51. The van der Waals surface area contributed by atoms with E-state index in [0.717, 1.165) is 21.1 Å². The molecular weight excluding hydrogens is 332 g/mol. The molecule has 0 unspecified atom stereocenters. The van der Waals surface area contributed by atoms with Crippen molar-refractivity contribution in [1.82, 2.24) is 10.3 Å². The molecule has 0 aliphatic carbocycles. The van der Waals surface area contributed by atoms with Crippen LogP contribution in [0.1, 0.15) is 21.8 Å². The Balaban J connectivity index is 1.72. The second-order valence-corrected chi connectivity index (χ2v) is 5.64. The summed E-state index contributed by atoms with van der Waals surface area (Å²) in [4.78, 5) is 16.3. The van der Waals surface area contributed by atoms with E-state index in [0.29, 0.717) is 18.0 Å². The number of hydrogen-bond donors (Lipinski definition) is 1. The average molecular weight is 345 g/mol. The SMILES string of the molecule is Cc1nc2ccc(CNC(=O)c3cccc(Br)c3)cc2o1. The molecule has 1 aromatic heterocycles. The molecule has 0 saturated carbocycles. The van der Waals surface area contributed by atoms with Crippen LogP contribution in [0.3, 0.4) is 0 Å². The number of rotatable bonds is 3. The molecule has 106 valence electrons. The minimum atomic E-state index is -0.106. The van der Waals surface area contributed by atoms with Crippen LogP contribution in [0.15, 0.2) is 51.4 Å². The van der Waals surface area contributed by atoms with E-state index in [2.05, 4.69) is 26.2 Å². The van der Waals surface area contributed by atoms with Crippen molar-refractivity contribution >= 4 is 32.9 Å². The Morgan fingerprint density at radius 1 is 1.29 bits per heavy atom. The van der Waals surface area contributed by atoms with Crippen LogP contribution in [0.4, 0.5) is 0 Å². The highest BCUT2D eigenvalue weighted by atomic mass is 79.9. The van der Waals surface area contributed by atoms with Gasteiger partial charge in [0.25, 0.3) is 5.91 Å². The Morgan fingerprint density at radius 3 is 2.95 bits per heavy atom. The monoisotopic (exact) mass is 344 g/mol. The molecule has 0 spiro atoms. The normalized spacial score (nSPS) is 10.8. The van der Waals surface area contributed by atoms with Crippen LogP contribution in [-0.4, -0.2) is 10.9 Å². The number of amides is 1. The molecule has 21 heavy (non-hydrogen) atoms. The molecular formula is C16H13BrN2O2. The summed E-state index contributed by atoms with van der Waals surface area (Å²) in [5, 5.41) is 2.89. The summed E-state index contributed by atoms with van der Waals surface area (Å²) >= 11 is 3.36. The van der Waals surface area contributed by atoms with E-state index in [1.54, 1.807) is 12.1 Å². The van der Waals surface area contributed by atoms with Crippen LogP contribution < -0.4 is 5.32 Å². The summed E-state index contributed by atoms with van der Waals surface area (Å²) < 4.78 is 6.37. The zero-order valence-corrected chi connectivity index (χ0v) is 13.0. The first-order valence-electron chi connectivity index (χ1n) is 6.52. The van der Waals surface area contributed by atoms with Gasteiger partial charge in [0, 0.05) is 23.5 Å². The van der Waals surface area contributed by atoms with Crippen molar-refractivity contribution in [2.75, 3.05) is 0 Å². The second kappa shape index (κ2) is 5.69. The standard InChI is InChI=1S/C16H13BrN2O2/c1-10-19-14-6-5-11(7-15(14)21-10)9-18-16(20)12-3-2-4-13(17)8-12/h2-8H,9H2,1H3,(H,18,20). The van der Waals surface area contributed by atoms with Gasteiger partial charge in [-0.15, -0.1) is 0 Å². The topological polar surface area (TPSA) is 55.1 Å². The molecule has 0 aliphatic rings. The number of nitrogens with zero attached hydrogens (tertiary/aromatic N) is 1. The maximum absolute atomic E-state index is 12.1. The molecule has 3 rings (SSSR count). The van der Waals surface area contributed by atoms with Crippen LogP contribution in [-0.2, 0) is 6.54 Å². The van der Waals surface area contributed by atoms with Crippen molar-refractivity contribution in [3.8, 4) is 0 Å². The fourth-order valence-electron chi connectivity index (χ4n) is 2.11. The molecule has 4 nitrogen and oxygen atoms in total. The molecule has 1 N–H and O–H groups in total. The molecule has 0 atom stereocenters. The molecule has 0 fully saturated rings. The first-order valence-corrected chi connectivity index (χ1v) is 7.31. The third-order valence-electron chi connectivity index (χ3n) is 3.10. The number of hydrogen-bond acceptors (Lipinski definition) is 3. The van der Waals surface area contributed by atoms with Gasteiger partial charge in [-0.05, 0) is 35.9 Å². The number of nitrogens with one attached hydrogen (secondary N) is 1. The molecule has 0 aliphatic heterocycles. The van der Waals surface area contributed by atoms with Gasteiger partial charge in [0.15, 0.2) is 11.5 Å². The quantitative estimate of drug-likeness (QED) is 0.785. The van der Waals surface area contributed by atoms with Crippen molar-refractivity contribution in [2.45, 2.75) is 13.5 Å². The lowest BCUT2D eigenvalue weighted by Crippen LogP contribution is -2.22. The van der Waals surface area contributed by atoms with Crippen LogP contribution in [0.5, 0.6) is 0 Å². The first-order chi connectivity index (χ1) is 10.1. The highest BCUT2D eigenvalue weighted by Crippen LogP contribution is 2.17. The number of oxazole rings is 1. The molecule has 5 heteroatoms. The van der Waals surface area contributed by atoms with Gasteiger partial charge in [0.2, 0.25) is 0 Å². The van der Waals surface area contributed by atoms with Gasteiger partial charge in [0.05, 0.1) is 0 Å². The smallest absolute Gasteiger partial charge is 0.251 e. The molecule has 1 heterocycles. The summed E-state index contributed by atoms with van der Waals surface area (Å²) in [6.07, 6.45) is 0. The molecule has 2 aromatic carbocycles. The van der Waals surface area contributed by atoms with Gasteiger partial charge in [-0.3, -0.25) is 4.79 Å². The Hall–Kier alpha value is -2.14. The van der Waals surface area contributed by atoms with E-state index >= 15 is 0 Å². The molecule has 0 saturated heterocycles. The number of aromatic nitrogens is 1. The Kier molecular flexibility index (Phi) is 3.75. The van der Waals surface area contributed by atoms with Gasteiger partial charge < -0.3 is 9.73 Å². The van der Waals surface area contributed by atoms with E-state index in [9.17, 15) is 4.79 Å². The van der Waals surface area contributed by atoms with E-state index in [4.69, 9.17) is 4.42 Å². The minimum Gasteiger partial charge on any atom is -0.441 e. The summed E-state index contributed by atoms with van der Waals surface area (Å²) in [5.41, 5.74) is 3.17. The second-order valence-electron chi connectivity index (χ2n) is 4.73. The lowest BCUT2D eigenvalue weighted by molar-refractivity contribution is 0.0951. The van der Waals surface area contributed by atoms with Gasteiger partial charge in [-0.1, -0.05) is 28.1 Å². The molecule has 1 amide bonds. The highest BCUT2D eigenvalue weighted by molar-refractivity contribution is 9.10. The summed E-state index contributed by atoms with van der Waals surface area (Å²) in [6, 6.07) is 13.0. The van der Waals surface area contributed by atoms with E-state index in [-0.39, 0.29) is 5.91 Å². The maximum atomic E-state index is 12.1. The fraction of sp³-hybridized carbons (Fsp3) is 0.125. The summed E-state index contributed by atoms with van der Waals surface area (Å²) in [6.45, 7) is 2.26. The number of fused-ring (bicyclic) bond motifs is 1. The molecule has 0 bridgehead atoms. The number of aryl methyl sites for hydroxylation is 1. The predicted octanol–water partition coefficient (Wildman–Crippen LogP) is 3.83. The zero-order valence-electron chi connectivity index (χ0n) is 11.4. The summed E-state index contributed by atoms with van der Waals surface area (Å²) in [5.74, 6) is 0.533. The number of carbonyl (C=O) groups excluding carboxylic acids is 1. The van der Waals surface area contributed by atoms with Crippen molar-refractivity contribution in [1.29, 1.82) is 0 Å². The Labute approximate surface area is 130 Å². The van der Waals surface area contributed by atoms with Crippen LogP contribution >= 0.6 is 15.9 Å². The van der Waals surface area contributed by atoms with Crippen molar-refractivity contribution in [3.63, 3.8) is 0 Å². The van der Waals surface area contributed by atoms with Crippen molar-refractivity contribution < 1.29 is 9.21 Å². The van der Waals surface area contributed by atoms with Crippen molar-refractivity contribution in [2.24, 2.45) is 0 Å². The Morgan fingerprint density at radius 2 is 2.14 bits per heavy atom. The third-order valence-corrected chi connectivity index (χ3v) is 3.59. The van der Waals surface area contributed by atoms with Crippen LogP contribution in [0, 0.1) is 6.92 Å². The first kappa shape index (κ1) is 13.8. The van der Waals surface area contributed by atoms with Crippen LogP contribution in [0.25, 0.3) is 11.1 Å². The number of halogens is 1. The van der Waals surface area contributed by atoms with Gasteiger partial charge in [-0.2, -0.15) is 0 Å². The molecule has 0 radical (unpaired) electrons.